The predicted molar refractivity (Wildman–Crippen MR) is 94.3 cm³/mol. The van der Waals surface area contributed by atoms with Gasteiger partial charge in [-0.3, -0.25) is 0 Å². The third kappa shape index (κ3) is 5.39. The number of benzene rings is 2. The lowest BCUT2D eigenvalue weighted by molar-refractivity contribution is 0.0434. The molecule has 0 saturated carbocycles. The molecule has 4 heteroatoms. The number of aliphatic hydroxyl groups excluding tert-OH is 1. The van der Waals surface area contributed by atoms with Gasteiger partial charge < -0.3 is 14.6 Å². The highest BCUT2D eigenvalue weighted by Crippen LogP contribution is 2.23. The van der Waals surface area contributed by atoms with E-state index in [0.29, 0.717) is 5.56 Å². The molecule has 0 unspecified atom stereocenters. The van der Waals surface area contributed by atoms with Gasteiger partial charge in [-0.05, 0) is 41.8 Å². The lowest BCUT2D eigenvalue weighted by Crippen LogP contribution is -2.08. The molecule has 0 bridgehead atoms. The van der Waals surface area contributed by atoms with Gasteiger partial charge in [0.05, 0.1) is 18.8 Å². The van der Waals surface area contributed by atoms with Crippen molar-refractivity contribution in [2.75, 3.05) is 19.8 Å². The Kier molecular flexibility index (Phi) is 7.30. The molecule has 0 aromatic heterocycles. The summed E-state index contributed by atoms with van der Waals surface area (Å²) in [6.45, 7) is 2.77. The standard InChI is InChI=1S/C20H24O4/c1-2-3-4-14-23-19-11-9-17(10-12-19)16-5-7-18(8-6-16)20(22)24-15-13-21/h5-12,21H,2-4,13-15H2,1H3. The molecule has 0 saturated heterocycles. The van der Waals surface area contributed by atoms with Crippen molar-refractivity contribution in [3.8, 4) is 16.9 Å². The van der Waals surface area contributed by atoms with Crippen LogP contribution in [0.5, 0.6) is 5.75 Å². The number of carbonyl (C=O) groups excluding carboxylic acids is 1. The molecule has 128 valence electrons. The first kappa shape index (κ1) is 18.0. The zero-order valence-corrected chi connectivity index (χ0v) is 14.0. The van der Waals surface area contributed by atoms with Crippen molar-refractivity contribution in [1.82, 2.24) is 0 Å². The van der Waals surface area contributed by atoms with Gasteiger partial charge >= 0.3 is 5.97 Å². The summed E-state index contributed by atoms with van der Waals surface area (Å²) in [5.41, 5.74) is 2.56. The van der Waals surface area contributed by atoms with Gasteiger partial charge in [-0.15, -0.1) is 0 Å². The van der Waals surface area contributed by atoms with E-state index in [2.05, 4.69) is 6.92 Å². The molecule has 0 aliphatic carbocycles. The highest BCUT2D eigenvalue weighted by molar-refractivity contribution is 5.90. The first-order valence-corrected chi connectivity index (χ1v) is 8.36. The van der Waals surface area contributed by atoms with Gasteiger partial charge in [-0.25, -0.2) is 4.79 Å². The highest BCUT2D eigenvalue weighted by Gasteiger charge is 2.07. The van der Waals surface area contributed by atoms with Crippen LogP contribution in [-0.2, 0) is 4.74 Å². The molecule has 1 N–H and O–H groups in total. The Balaban J connectivity index is 1.95. The van der Waals surface area contributed by atoms with Crippen molar-refractivity contribution in [3.05, 3.63) is 54.1 Å². The van der Waals surface area contributed by atoms with Crippen LogP contribution < -0.4 is 4.74 Å². The summed E-state index contributed by atoms with van der Waals surface area (Å²) in [6, 6.07) is 15.2. The van der Waals surface area contributed by atoms with Crippen molar-refractivity contribution in [1.29, 1.82) is 0 Å². The number of rotatable bonds is 9. The van der Waals surface area contributed by atoms with E-state index in [1.807, 2.05) is 36.4 Å². The number of hydrogen-bond acceptors (Lipinski definition) is 4. The molecule has 2 rings (SSSR count). The number of unbranched alkanes of at least 4 members (excludes halogenated alkanes) is 2. The summed E-state index contributed by atoms with van der Waals surface area (Å²) in [5.74, 6) is 0.450. The molecule has 0 fully saturated rings. The lowest BCUT2D eigenvalue weighted by atomic mass is 10.0. The molecule has 4 nitrogen and oxygen atoms in total. The zero-order valence-electron chi connectivity index (χ0n) is 14.0. The summed E-state index contributed by atoms with van der Waals surface area (Å²) < 4.78 is 10.6. The molecule has 0 heterocycles. The van der Waals surface area contributed by atoms with Gasteiger partial charge in [0.25, 0.3) is 0 Å². The third-order valence-electron chi connectivity index (χ3n) is 3.65. The Bertz CT molecular complexity index is 617. The number of carbonyl (C=O) groups is 1. The van der Waals surface area contributed by atoms with E-state index < -0.39 is 5.97 Å². The van der Waals surface area contributed by atoms with Gasteiger partial charge in [0.2, 0.25) is 0 Å². The topological polar surface area (TPSA) is 55.8 Å². The first-order valence-electron chi connectivity index (χ1n) is 8.36. The average Bonchev–Trinajstić information content (AvgIpc) is 2.64. The predicted octanol–water partition coefficient (Wildman–Crippen LogP) is 4.07. The number of hydrogen-bond donors (Lipinski definition) is 1. The Hall–Kier alpha value is -2.33. The minimum Gasteiger partial charge on any atom is -0.494 e. The Labute approximate surface area is 143 Å². The first-order chi connectivity index (χ1) is 11.7. The summed E-state index contributed by atoms with van der Waals surface area (Å²) in [7, 11) is 0. The molecule has 0 atom stereocenters. The van der Waals surface area contributed by atoms with E-state index in [1.54, 1.807) is 12.1 Å². The third-order valence-corrected chi connectivity index (χ3v) is 3.65. The molecule has 24 heavy (non-hydrogen) atoms. The Morgan fingerprint density at radius 1 is 0.917 bits per heavy atom. The van der Waals surface area contributed by atoms with Gasteiger partial charge in [0.1, 0.15) is 12.4 Å². The fourth-order valence-corrected chi connectivity index (χ4v) is 2.31. The molecule has 0 aliphatic heterocycles. The maximum absolute atomic E-state index is 11.7. The normalized spacial score (nSPS) is 10.4. The Morgan fingerprint density at radius 3 is 2.12 bits per heavy atom. The quantitative estimate of drug-likeness (QED) is 0.557. The minimum atomic E-state index is -0.425. The second kappa shape index (κ2) is 9.73. The van der Waals surface area contributed by atoms with E-state index in [9.17, 15) is 4.79 Å². The summed E-state index contributed by atoms with van der Waals surface area (Å²) in [6.07, 6.45) is 3.45. The summed E-state index contributed by atoms with van der Waals surface area (Å²) in [4.78, 5) is 11.7. The van der Waals surface area contributed by atoms with Crippen LogP contribution >= 0.6 is 0 Å². The van der Waals surface area contributed by atoms with Crippen LogP contribution in [0.4, 0.5) is 0 Å². The Morgan fingerprint density at radius 2 is 1.54 bits per heavy atom. The maximum atomic E-state index is 11.7. The van der Waals surface area contributed by atoms with Gasteiger partial charge in [-0.2, -0.15) is 0 Å². The minimum absolute atomic E-state index is 0.0142. The number of ether oxygens (including phenoxy) is 2. The molecule has 2 aromatic carbocycles. The number of aliphatic hydroxyl groups is 1. The van der Waals surface area contributed by atoms with E-state index in [1.165, 1.54) is 12.8 Å². The molecule has 0 radical (unpaired) electrons. The van der Waals surface area contributed by atoms with Crippen LogP contribution in [0, 0.1) is 0 Å². The molecular weight excluding hydrogens is 304 g/mol. The monoisotopic (exact) mass is 328 g/mol. The highest BCUT2D eigenvalue weighted by atomic mass is 16.5. The largest absolute Gasteiger partial charge is 0.494 e. The van der Waals surface area contributed by atoms with Crippen LogP contribution in [0.1, 0.15) is 36.5 Å². The van der Waals surface area contributed by atoms with E-state index in [0.717, 1.165) is 29.9 Å². The van der Waals surface area contributed by atoms with E-state index in [4.69, 9.17) is 14.6 Å². The van der Waals surface area contributed by atoms with Crippen LogP contribution in [0.2, 0.25) is 0 Å². The SMILES string of the molecule is CCCCCOc1ccc(-c2ccc(C(=O)OCCO)cc2)cc1. The molecule has 0 spiro atoms. The van der Waals surface area contributed by atoms with Crippen molar-refractivity contribution < 1.29 is 19.4 Å². The summed E-state index contributed by atoms with van der Waals surface area (Å²) >= 11 is 0. The van der Waals surface area contributed by atoms with Crippen LogP contribution in [0.15, 0.2) is 48.5 Å². The van der Waals surface area contributed by atoms with Crippen molar-refractivity contribution in [2.24, 2.45) is 0 Å². The van der Waals surface area contributed by atoms with Crippen molar-refractivity contribution in [2.45, 2.75) is 26.2 Å². The van der Waals surface area contributed by atoms with Crippen LogP contribution in [0.3, 0.4) is 0 Å². The summed E-state index contributed by atoms with van der Waals surface area (Å²) in [5, 5.41) is 8.67. The molecule has 2 aromatic rings. The van der Waals surface area contributed by atoms with Crippen LogP contribution in [0.25, 0.3) is 11.1 Å². The second-order valence-corrected chi connectivity index (χ2v) is 5.52. The van der Waals surface area contributed by atoms with Crippen LogP contribution in [-0.4, -0.2) is 30.9 Å². The maximum Gasteiger partial charge on any atom is 0.338 e. The smallest absolute Gasteiger partial charge is 0.338 e. The van der Waals surface area contributed by atoms with E-state index >= 15 is 0 Å². The van der Waals surface area contributed by atoms with Crippen molar-refractivity contribution >= 4 is 5.97 Å². The fraction of sp³-hybridized carbons (Fsp3) is 0.350. The number of esters is 1. The van der Waals surface area contributed by atoms with Gasteiger partial charge in [-0.1, -0.05) is 44.0 Å². The van der Waals surface area contributed by atoms with Gasteiger partial charge in [0, 0.05) is 0 Å². The molecule has 0 aliphatic rings. The molecule has 0 amide bonds. The van der Waals surface area contributed by atoms with Gasteiger partial charge in [0.15, 0.2) is 0 Å². The second-order valence-electron chi connectivity index (χ2n) is 5.52. The van der Waals surface area contributed by atoms with Crippen molar-refractivity contribution in [3.63, 3.8) is 0 Å². The zero-order chi connectivity index (χ0) is 17.2. The lowest BCUT2D eigenvalue weighted by Gasteiger charge is -2.08. The average molecular weight is 328 g/mol. The van der Waals surface area contributed by atoms with E-state index in [-0.39, 0.29) is 13.2 Å². The molecular formula is C20H24O4. The fourth-order valence-electron chi connectivity index (χ4n) is 2.31.